The Labute approximate surface area is 95.4 Å². The van der Waals surface area contributed by atoms with Crippen molar-refractivity contribution in [2.24, 2.45) is 0 Å². The van der Waals surface area contributed by atoms with Gasteiger partial charge in [0.15, 0.2) is 6.29 Å². The van der Waals surface area contributed by atoms with E-state index >= 15 is 0 Å². The fourth-order valence-electron chi connectivity index (χ4n) is 1.61. The van der Waals surface area contributed by atoms with Crippen LogP contribution in [0.2, 0.25) is 0 Å². The van der Waals surface area contributed by atoms with Gasteiger partial charge in [-0.3, -0.25) is 4.79 Å². The maximum Gasteiger partial charge on any atom is 0.152 e. The van der Waals surface area contributed by atoms with E-state index in [1.54, 1.807) is 12.1 Å². The molecule has 16 heavy (non-hydrogen) atoms. The molecular weight excluding hydrogens is 205 g/mol. The van der Waals surface area contributed by atoms with Crippen molar-refractivity contribution in [2.75, 3.05) is 11.4 Å². The number of halogens is 1. The number of rotatable bonds is 5. The maximum atomic E-state index is 13.0. The number of nitrogens with zero attached hydrogens (tertiary/aromatic N) is 1. The van der Waals surface area contributed by atoms with Crippen LogP contribution in [0, 0.1) is 5.82 Å². The van der Waals surface area contributed by atoms with Gasteiger partial charge in [0.1, 0.15) is 5.82 Å². The number of benzene rings is 1. The van der Waals surface area contributed by atoms with Crippen LogP contribution in [0.15, 0.2) is 30.9 Å². The van der Waals surface area contributed by atoms with Crippen LogP contribution in [0.3, 0.4) is 0 Å². The summed E-state index contributed by atoms with van der Waals surface area (Å²) in [7, 11) is 0. The third-order valence-corrected chi connectivity index (χ3v) is 2.38. The molecule has 1 aromatic carbocycles. The molecule has 3 heteroatoms. The number of anilines is 1. The lowest BCUT2D eigenvalue weighted by Gasteiger charge is -2.28. The average molecular weight is 221 g/mol. The minimum absolute atomic E-state index is 0.224. The van der Waals surface area contributed by atoms with E-state index in [0.717, 1.165) is 5.69 Å². The van der Waals surface area contributed by atoms with E-state index in [1.807, 2.05) is 18.7 Å². The first-order valence-electron chi connectivity index (χ1n) is 5.22. The van der Waals surface area contributed by atoms with Crippen molar-refractivity contribution < 1.29 is 9.18 Å². The predicted octanol–water partition coefficient (Wildman–Crippen LogP) is 3.04. The lowest BCUT2D eigenvalue weighted by molar-refractivity contribution is 0.112. The summed E-state index contributed by atoms with van der Waals surface area (Å²) in [6.07, 6.45) is 2.44. The van der Waals surface area contributed by atoms with Crippen molar-refractivity contribution in [1.82, 2.24) is 0 Å². The van der Waals surface area contributed by atoms with Gasteiger partial charge >= 0.3 is 0 Å². The maximum absolute atomic E-state index is 13.0. The van der Waals surface area contributed by atoms with Crippen LogP contribution in [0.5, 0.6) is 0 Å². The van der Waals surface area contributed by atoms with Crippen LogP contribution < -0.4 is 4.90 Å². The molecule has 86 valence electrons. The Morgan fingerprint density at radius 1 is 1.50 bits per heavy atom. The van der Waals surface area contributed by atoms with Crippen LogP contribution in [-0.4, -0.2) is 18.9 Å². The topological polar surface area (TPSA) is 20.3 Å². The molecule has 0 aromatic heterocycles. The van der Waals surface area contributed by atoms with Crippen molar-refractivity contribution in [3.05, 3.63) is 42.2 Å². The summed E-state index contributed by atoms with van der Waals surface area (Å²) in [5.74, 6) is -0.395. The zero-order valence-electron chi connectivity index (χ0n) is 9.61. The minimum Gasteiger partial charge on any atom is -0.365 e. The zero-order chi connectivity index (χ0) is 12.1. The summed E-state index contributed by atoms with van der Waals surface area (Å²) in [6.45, 7) is 8.34. The highest BCUT2D eigenvalue weighted by Crippen LogP contribution is 2.22. The first-order chi connectivity index (χ1) is 7.60. The Morgan fingerprint density at radius 3 is 2.69 bits per heavy atom. The molecule has 0 fully saturated rings. The quantitative estimate of drug-likeness (QED) is 0.562. The monoisotopic (exact) mass is 221 g/mol. The Hall–Kier alpha value is -1.64. The van der Waals surface area contributed by atoms with Gasteiger partial charge in [-0.25, -0.2) is 4.39 Å². The molecule has 0 bridgehead atoms. The summed E-state index contributed by atoms with van der Waals surface area (Å²) in [6, 6.07) is 4.46. The first-order valence-corrected chi connectivity index (χ1v) is 5.22. The van der Waals surface area contributed by atoms with Crippen molar-refractivity contribution in [1.29, 1.82) is 0 Å². The van der Waals surface area contributed by atoms with Crippen LogP contribution >= 0.6 is 0 Å². The molecule has 0 spiro atoms. The van der Waals surface area contributed by atoms with Crippen molar-refractivity contribution in [3.8, 4) is 0 Å². The van der Waals surface area contributed by atoms with Gasteiger partial charge in [0, 0.05) is 23.8 Å². The summed E-state index contributed by atoms with van der Waals surface area (Å²) < 4.78 is 13.0. The lowest BCUT2D eigenvalue weighted by Crippen LogP contribution is -2.31. The van der Waals surface area contributed by atoms with Gasteiger partial charge in [0.05, 0.1) is 0 Å². The molecule has 0 unspecified atom stereocenters. The largest absolute Gasteiger partial charge is 0.365 e. The second kappa shape index (κ2) is 5.45. The Balaban J connectivity index is 3.17. The molecule has 0 N–H and O–H groups in total. The molecule has 1 aromatic rings. The Morgan fingerprint density at radius 2 is 2.19 bits per heavy atom. The highest BCUT2D eigenvalue weighted by atomic mass is 19.1. The van der Waals surface area contributed by atoms with Gasteiger partial charge in [-0.1, -0.05) is 6.08 Å². The van der Waals surface area contributed by atoms with Crippen molar-refractivity contribution >= 4 is 12.0 Å². The van der Waals surface area contributed by atoms with E-state index < -0.39 is 5.82 Å². The number of hydrogen-bond donors (Lipinski definition) is 0. The highest BCUT2D eigenvalue weighted by molar-refractivity contribution is 5.84. The van der Waals surface area contributed by atoms with Gasteiger partial charge in [0.2, 0.25) is 0 Å². The number of aldehydes is 1. The van der Waals surface area contributed by atoms with Gasteiger partial charge in [-0.15, -0.1) is 6.58 Å². The molecule has 1 rings (SSSR count). The predicted molar refractivity (Wildman–Crippen MR) is 64.5 cm³/mol. The highest BCUT2D eigenvalue weighted by Gasteiger charge is 2.13. The third-order valence-electron chi connectivity index (χ3n) is 2.38. The number of hydrogen-bond acceptors (Lipinski definition) is 2. The second-order valence-electron chi connectivity index (χ2n) is 3.86. The van der Waals surface area contributed by atoms with Gasteiger partial charge in [-0.2, -0.15) is 0 Å². The summed E-state index contributed by atoms with van der Waals surface area (Å²) >= 11 is 0. The van der Waals surface area contributed by atoms with Crippen molar-refractivity contribution in [3.63, 3.8) is 0 Å². The van der Waals surface area contributed by atoms with Crippen LogP contribution in [-0.2, 0) is 0 Å². The van der Waals surface area contributed by atoms with Gasteiger partial charge in [-0.05, 0) is 32.0 Å². The SMILES string of the molecule is C=CCN(c1ccc(F)cc1C=O)C(C)C. The van der Waals surface area contributed by atoms with E-state index in [1.165, 1.54) is 12.1 Å². The number of carbonyl (C=O) groups excluding carboxylic acids is 1. The molecule has 0 saturated heterocycles. The molecule has 0 saturated carbocycles. The normalized spacial score (nSPS) is 10.2. The van der Waals surface area contributed by atoms with E-state index in [2.05, 4.69) is 6.58 Å². The summed E-state index contributed by atoms with van der Waals surface area (Å²) in [4.78, 5) is 12.9. The minimum atomic E-state index is -0.395. The molecule has 2 nitrogen and oxygen atoms in total. The molecular formula is C13H16FNO. The zero-order valence-corrected chi connectivity index (χ0v) is 9.61. The molecule has 0 atom stereocenters. The van der Waals surface area contributed by atoms with E-state index in [0.29, 0.717) is 18.4 Å². The molecule has 0 heterocycles. The Bertz CT molecular complexity index is 388. The van der Waals surface area contributed by atoms with Gasteiger partial charge in [0.25, 0.3) is 0 Å². The fraction of sp³-hybridized carbons (Fsp3) is 0.308. The third kappa shape index (κ3) is 2.69. The molecule has 0 radical (unpaired) electrons. The van der Waals surface area contributed by atoms with E-state index in [4.69, 9.17) is 0 Å². The van der Waals surface area contributed by atoms with E-state index in [9.17, 15) is 9.18 Å². The molecule has 0 aliphatic heterocycles. The van der Waals surface area contributed by atoms with Crippen LogP contribution in [0.4, 0.5) is 10.1 Å². The Kier molecular flexibility index (Phi) is 4.23. The summed E-state index contributed by atoms with van der Waals surface area (Å²) in [5.41, 5.74) is 1.11. The number of carbonyl (C=O) groups is 1. The van der Waals surface area contributed by atoms with Crippen molar-refractivity contribution in [2.45, 2.75) is 19.9 Å². The molecule has 0 aliphatic rings. The van der Waals surface area contributed by atoms with Crippen LogP contribution in [0.25, 0.3) is 0 Å². The van der Waals surface area contributed by atoms with E-state index in [-0.39, 0.29) is 6.04 Å². The second-order valence-corrected chi connectivity index (χ2v) is 3.86. The fourth-order valence-corrected chi connectivity index (χ4v) is 1.61. The molecule has 0 amide bonds. The lowest BCUT2D eigenvalue weighted by atomic mass is 10.1. The average Bonchev–Trinajstić information content (AvgIpc) is 2.26. The standard InChI is InChI=1S/C13H16FNO/c1-4-7-15(10(2)3)13-6-5-12(14)8-11(13)9-16/h4-6,8-10H,1,7H2,2-3H3. The van der Waals surface area contributed by atoms with Gasteiger partial charge < -0.3 is 4.90 Å². The molecule has 0 aliphatic carbocycles. The van der Waals surface area contributed by atoms with Crippen LogP contribution in [0.1, 0.15) is 24.2 Å². The first kappa shape index (κ1) is 12.4. The summed E-state index contributed by atoms with van der Waals surface area (Å²) in [5, 5.41) is 0. The smallest absolute Gasteiger partial charge is 0.152 e.